The summed E-state index contributed by atoms with van der Waals surface area (Å²) in [4.78, 5) is 37.8. The van der Waals surface area contributed by atoms with E-state index in [1.54, 1.807) is 0 Å². The predicted molar refractivity (Wildman–Crippen MR) is 50.0 cm³/mol. The van der Waals surface area contributed by atoms with Gasteiger partial charge in [-0.15, -0.1) is 0 Å². The van der Waals surface area contributed by atoms with Crippen molar-refractivity contribution >= 4 is 23.6 Å². The van der Waals surface area contributed by atoms with E-state index in [1.165, 1.54) is 27.9 Å². The summed E-state index contributed by atoms with van der Waals surface area (Å²) < 4.78 is 0. The van der Waals surface area contributed by atoms with Gasteiger partial charge < -0.3 is 9.63 Å². The summed E-state index contributed by atoms with van der Waals surface area (Å²) in [5.74, 6) is -1.11. The summed E-state index contributed by atoms with van der Waals surface area (Å²) in [5.41, 5.74) is -1.73. The standard InChI is InChI=1S/C9H13NO4/c1-6(10-14-4)9(5-11,7(2)12)8(3)13/h5H,1-4H3/b10-6-. The molecule has 14 heavy (non-hydrogen) atoms. The molecule has 0 heterocycles. The van der Waals surface area contributed by atoms with Gasteiger partial charge in [-0.25, -0.2) is 0 Å². The summed E-state index contributed by atoms with van der Waals surface area (Å²) in [6.07, 6.45) is 0.301. The van der Waals surface area contributed by atoms with Crippen LogP contribution in [0, 0.1) is 5.41 Å². The van der Waals surface area contributed by atoms with Crippen molar-refractivity contribution < 1.29 is 19.2 Å². The Bertz CT molecular complexity index is 279. The Morgan fingerprint density at radius 3 is 1.86 bits per heavy atom. The Hall–Kier alpha value is -1.52. The van der Waals surface area contributed by atoms with E-state index in [4.69, 9.17) is 0 Å². The van der Waals surface area contributed by atoms with Gasteiger partial charge in [-0.1, -0.05) is 5.16 Å². The van der Waals surface area contributed by atoms with Crippen LogP contribution >= 0.6 is 0 Å². The highest BCUT2D eigenvalue weighted by molar-refractivity contribution is 6.34. The van der Waals surface area contributed by atoms with E-state index in [1.807, 2.05) is 0 Å². The Labute approximate surface area is 82.1 Å². The fourth-order valence-corrected chi connectivity index (χ4v) is 1.22. The largest absolute Gasteiger partial charge is 0.399 e. The van der Waals surface area contributed by atoms with Crippen LogP contribution in [-0.4, -0.2) is 30.7 Å². The lowest BCUT2D eigenvalue weighted by atomic mass is 9.78. The average molecular weight is 199 g/mol. The smallest absolute Gasteiger partial charge is 0.182 e. The molecule has 0 amide bonds. The molecule has 0 aromatic rings. The van der Waals surface area contributed by atoms with E-state index in [0.717, 1.165) is 0 Å². The molecule has 0 N–H and O–H groups in total. The van der Waals surface area contributed by atoms with Crippen molar-refractivity contribution in [3.8, 4) is 0 Å². The molecule has 0 atom stereocenters. The van der Waals surface area contributed by atoms with Gasteiger partial charge in [-0.3, -0.25) is 9.59 Å². The maximum atomic E-state index is 11.3. The van der Waals surface area contributed by atoms with Gasteiger partial charge in [-0.2, -0.15) is 0 Å². The minimum absolute atomic E-state index is 0.0509. The van der Waals surface area contributed by atoms with Crippen LogP contribution in [0.2, 0.25) is 0 Å². The van der Waals surface area contributed by atoms with Crippen LogP contribution in [0.25, 0.3) is 0 Å². The number of carbonyl (C=O) groups is 3. The fraction of sp³-hybridized carbons (Fsp3) is 0.556. The highest BCUT2D eigenvalue weighted by atomic mass is 16.6. The van der Waals surface area contributed by atoms with Crippen LogP contribution in [0.4, 0.5) is 0 Å². The molecule has 5 nitrogen and oxygen atoms in total. The molecule has 0 aromatic carbocycles. The Kier molecular flexibility index (Phi) is 4.14. The summed E-state index contributed by atoms with van der Waals surface area (Å²) in [6.45, 7) is 3.75. The summed E-state index contributed by atoms with van der Waals surface area (Å²) >= 11 is 0. The minimum atomic E-state index is -1.78. The van der Waals surface area contributed by atoms with Crippen LogP contribution in [0.5, 0.6) is 0 Å². The maximum absolute atomic E-state index is 11.3. The first-order valence-corrected chi connectivity index (χ1v) is 4.00. The van der Waals surface area contributed by atoms with Crippen molar-refractivity contribution in [2.24, 2.45) is 10.6 Å². The maximum Gasteiger partial charge on any atom is 0.182 e. The van der Waals surface area contributed by atoms with Crippen molar-refractivity contribution in [2.75, 3.05) is 7.11 Å². The molecule has 0 aliphatic carbocycles. The van der Waals surface area contributed by atoms with E-state index >= 15 is 0 Å². The molecule has 0 spiro atoms. The molecule has 0 aliphatic rings. The summed E-state index contributed by atoms with van der Waals surface area (Å²) in [7, 11) is 1.28. The van der Waals surface area contributed by atoms with Gasteiger partial charge in [0.1, 0.15) is 13.4 Å². The van der Waals surface area contributed by atoms with Crippen LogP contribution < -0.4 is 0 Å². The summed E-state index contributed by atoms with van der Waals surface area (Å²) in [5, 5.41) is 3.45. The number of hydrogen-bond acceptors (Lipinski definition) is 5. The van der Waals surface area contributed by atoms with Crippen molar-refractivity contribution in [1.29, 1.82) is 0 Å². The zero-order valence-electron chi connectivity index (χ0n) is 8.66. The average Bonchev–Trinajstić information content (AvgIpc) is 2.05. The first kappa shape index (κ1) is 12.5. The molecular formula is C9H13NO4. The SMILES string of the molecule is CO/N=C(/C)C(C=O)(C(C)=O)C(C)=O. The molecule has 5 heteroatoms. The molecule has 0 bridgehead atoms. The summed E-state index contributed by atoms with van der Waals surface area (Å²) in [6, 6.07) is 0. The highest BCUT2D eigenvalue weighted by Gasteiger charge is 2.44. The van der Waals surface area contributed by atoms with E-state index in [2.05, 4.69) is 9.99 Å². The molecule has 78 valence electrons. The third-order valence-electron chi connectivity index (χ3n) is 2.09. The van der Waals surface area contributed by atoms with Crippen molar-refractivity contribution in [3.63, 3.8) is 0 Å². The van der Waals surface area contributed by atoms with Gasteiger partial charge in [0.2, 0.25) is 0 Å². The molecule has 0 fully saturated rings. The molecule has 0 saturated carbocycles. The number of carbonyl (C=O) groups excluding carboxylic acids is 3. The van der Waals surface area contributed by atoms with Gasteiger partial charge in [0.05, 0.1) is 5.71 Å². The van der Waals surface area contributed by atoms with Crippen molar-refractivity contribution in [3.05, 3.63) is 0 Å². The second kappa shape index (κ2) is 4.64. The second-order valence-electron chi connectivity index (χ2n) is 2.90. The number of rotatable bonds is 5. The molecule has 0 unspecified atom stereocenters. The minimum Gasteiger partial charge on any atom is -0.399 e. The van der Waals surface area contributed by atoms with Crippen LogP contribution in [0.15, 0.2) is 5.16 Å². The lowest BCUT2D eigenvalue weighted by Crippen LogP contribution is -2.44. The van der Waals surface area contributed by atoms with E-state index in [-0.39, 0.29) is 5.71 Å². The quantitative estimate of drug-likeness (QED) is 0.277. The molecule has 0 aromatic heterocycles. The van der Waals surface area contributed by atoms with Gasteiger partial charge in [0.25, 0.3) is 0 Å². The van der Waals surface area contributed by atoms with Gasteiger partial charge in [-0.05, 0) is 20.8 Å². The lowest BCUT2D eigenvalue weighted by molar-refractivity contribution is -0.137. The first-order valence-electron chi connectivity index (χ1n) is 4.00. The predicted octanol–water partition coefficient (Wildman–Crippen LogP) is 0.372. The van der Waals surface area contributed by atoms with Crippen LogP contribution in [-0.2, 0) is 19.2 Å². The topological polar surface area (TPSA) is 72.8 Å². The van der Waals surface area contributed by atoms with Crippen LogP contribution in [0.1, 0.15) is 20.8 Å². The number of nitrogens with zero attached hydrogens (tertiary/aromatic N) is 1. The number of oxime groups is 1. The van der Waals surface area contributed by atoms with Gasteiger partial charge in [0.15, 0.2) is 17.0 Å². The molecule has 0 radical (unpaired) electrons. The molecule has 0 rings (SSSR count). The third-order valence-corrected chi connectivity index (χ3v) is 2.09. The van der Waals surface area contributed by atoms with E-state index in [9.17, 15) is 14.4 Å². The Balaban J connectivity index is 5.48. The number of ketones is 2. The van der Waals surface area contributed by atoms with Crippen LogP contribution in [0.3, 0.4) is 0 Å². The fourth-order valence-electron chi connectivity index (χ4n) is 1.22. The van der Waals surface area contributed by atoms with Crippen molar-refractivity contribution in [1.82, 2.24) is 0 Å². The lowest BCUT2D eigenvalue weighted by Gasteiger charge is -2.20. The van der Waals surface area contributed by atoms with E-state index in [0.29, 0.717) is 6.29 Å². The highest BCUT2D eigenvalue weighted by Crippen LogP contribution is 2.19. The second-order valence-corrected chi connectivity index (χ2v) is 2.90. The molecule has 0 aliphatic heterocycles. The number of hydrogen-bond donors (Lipinski definition) is 0. The Morgan fingerprint density at radius 1 is 1.21 bits per heavy atom. The third kappa shape index (κ3) is 1.86. The molecule has 0 saturated heterocycles. The number of Topliss-reactive ketones (excluding diaryl/α,β-unsaturated/α-hetero) is 2. The van der Waals surface area contributed by atoms with Crippen molar-refractivity contribution in [2.45, 2.75) is 20.8 Å². The Morgan fingerprint density at radius 2 is 1.64 bits per heavy atom. The normalized spacial score (nSPS) is 12.1. The zero-order valence-corrected chi connectivity index (χ0v) is 8.66. The monoisotopic (exact) mass is 199 g/mol. The number of aldehydes is 1. The first-order chi connectivity index (χ1) is 6.43. The van der Waals surface area contributed by atoms with Gasteiger partial charge >= 0.3 is 0 Å². The van der Waals surface area contributed by atoms with Gasteiger partial charge in [0, 0.05) is 0 Å². The molecular weight excluding hydrogens is 186 g/mol. The zero-order chi connectivity index (χ0) is 11.4. The van der Waals surface area contributed by atoms with E-state index < -0.39 is 17.0 Å².